The number of hydrogen-bond acceptors (Lipinski definition) is 4. The van der Waals surface area contributed by atoms with Crippen LogP contribution in [0.15, 0.2) is 53.4 Å². The Hall–Kier alpha value is -2.54. The smallest absolute Gasteiger partial charge is 0.324 e. The monoisotopic (exact) mass is 363 g/mol. The average molecular weight is 363 g/mol. The third kappa shape index (κ3) is 4.73. The summed E-state index contributed by atoms with van der Waals surface area (Å²) in [5.74, 6) is -0.629. The van der Waals surface area contributed by atoms with Crippen LogP contribution in [0.2, 0.25) is 0 Å². The van der Waals surface area contributed by atoms with Gasteiger partial charge < -0.3 is 9.84 Å². The van der Waals surface area contributed by atoms with E-state index in [0.29, 0.717) is 12.4 Å². The van der Waals surface area contributed by atoms with Crippen molar-refractivity contribution in [3.63, 3.8) is 0 Å². The molecule has 0 unspecified atom stereocenters. The van der Waals surface area contributed by atoms with E-state index < -0.39 is 22.5 Å². The molecule has 2 aromatic carbocycles. The van der Waals surface area contributed by atoms with Gasteiger partial charge in [-0.25, -0.2) is 8.42 Å². The van der Waals surface area contributed by atoms with E-state index in [9.17, 15) is 13.2 Å². The largest absolute Gasteiger partial charge is 0.494 e. The lowest BCUT2D eigenvalue weighted by molar-refractivity contribution is -0.135. The van der Waals surface area contributed by atoms with E-state index in [4.69, 9.17) is 9.84 Å². The number of hydrogen-bond donors (Lipinski definition) is 1. The van der Waals surface area contributed by atoms with Crippen molar-refractivity contribution in [1.29, 1.82) is 0 Å². The molecule has 0 saturated carbocycles. The van der Waals surface area contributed by atoms with Gasteiger partial charge in [-0.1, -0.05) is 24.6 Å². The highest BCUT2D eigenvalue weighted by molar-refractivity contribution is 7.92. The Balaban J connectivity index is 2.38. The van der Waals surface area contributed by atoms with Crippen LogP contribution in [0.4, 0.5) is 5.69 Å². The van der Waals surface area contributed by atoms with Crippen LogP contribution in [0.3, 0.4) is 0 Å². The number of benzene rings is 2. The lowest BCUT2D eigenvalue weighted by Gasteiger charge is -2.23. The Morgan fingerprint density at radius 3 is 2.20 bits per heavy atom. The first-order chi connectivity index (χ1) is 11.8. The molecular formula is C18H21NO5S. The first-order valence-corrected chi connectivity index (χ1v) is 9.32. The molecule has 0 fully saturated rings. The molecule has 2 rings (SSSR count). The maximum atomic E-state index is 12.9. The lowest BCUT2D eigenvalue weighted by Crippen LogP contribution is -2.35. The molecule has 1 N–H and O–H groups in total. The first-order valence-electron chi connectivity index (χ1n) is 7.88. The quantitative estimate of drug-likeness (QED) is 0.779. The van der Waals surface area contributed by atoms with Gasteiger partial charge in [0, 0.05) is 0 Å². The lowest BCUT2D eigenvalue weighted by atomic mass is 10.2. The van der Waals surface area contributed by atoms with Gasteiger partial charge in [0.05, 0.1) is 17.2 Å². The molecule has 0 aliphatic rings. The number of anilines is 1. The summed E-state index contributed by atoms with van der Waals surface area (Å²) in [6.45, 7) is 3.72. The molecular weight excluding hydrogens is 342 g/mol. The van der Waals surface area contributed by atoms with Gasteiger partial charge in [0.25, 0.3) is 10.0 Å². The van der Waals surface area contributed by atoms with Crippen molar-refractivity contribution < 1.29 is 23.1 Å². The van der Waals surface area contributed by atoms with Crippen LogP contribution in [0.1, 0.15) is 18.9 Å². The molecule has 0 spiro atoms. The van der Waals surface area contributed by atoms with Gasteiger partial charge in [-0.3, -0.25) is 9.10 Å². The number of aryl methyl sites for hydroxylation is 1. The third-order valence-corrected chi connectivity index (χ3v) is 5.27. The average Bonchev–Trinajstić information content (AvgIpc) is 2.58. The summed E-state index contributed by atoms with van der Waals surface area (Å²) in [7, 11) is -3.98. The second-order valence-corrected chi connectivity index (χ2v) is 7.42. The van der Waals surface area contributed by atoms with Crippen LogP contribution < -0.4 is 9.04 Å². The SMILES string of the molecule is CCCOc1ccc(N(CC(=O)O)S(=O)(=O)c2ccc(C)cc2)cc1. The predicted molar refractivity (Wildman–Crippen MR) is 95.6 cm³/mol. The minimum atomic E-state index is -3.98. The van der Waals surface area contributed by atoms with E-state index in [0.717, 1.165) is 16.3 Å². The summed E-state index contributed by atoms with van der Waals surface area (Å²) in [5, 5.41) is 9.14. The minimum absolute atomic E-state index is 0.0469. The van der Waals surface area contributed by atoms with Gasteiger partial charge >= 0.3 is 5.97 Å². The predicted octanol–water partition coefficient (Wildman–Crippen LogP) is 3.06. The van der Waals surface area contributed by atoms with Gasteiger partial charge in [0.15, 0.2) is 0 Å². The van der Waals surface area contributed by atoms with Gasteiger partial charge in [-0.15, -0.1) is 0 Å². The first kappa shape index (κ1) is 18.8. The molecule has 0 bridgehead atoms. The van der Waals surface area contributed by atoms with Crippen molar-refractivity contribution in [2.24, 2.45) is 0 Å². The summed E-state index contributed by atoms with van der Waals surface area (Å²) in [5.41, 5.74) is 1.19. The molecule has 0 aliphatic heterocycles. The number of carboxylic acids is 1. The zero-order chi connectivity index (χ0) is 18.4. The van der Waals surface area contributed by atoms with E-state index >= 15 is 0 Å². The summed E-state index contributed by atoms with van der Waals surface area (Å²) in [4.78, 5) is 11.2. The maximum absolute atomic E-state index is 12.9. The van der Waals surface area contributed by atoms with Gasteiger partial charge in [0.1, 0.15) is 12.3 Å². The zero-order valence-electron chi connectivity index (χ0n) is 14.2. The van der Waals surface area contributed by atoms with Crippen molar-refractivity contribution in [2.75, 3.05) is 17.5 Å². The van der Waals surface area contributed by atoms with Gasteiger partial charge in [0.2, 0.25) is 0 Å². The van der Waals surface area contributed by atoms with Gasteiger partial charge in [-0.05, 0) is 49.7 Å². The number of rotatable bonds is 8. The zero-order valence-corrected chi connectivity index (χ0v) is 15.0. The normalized spacial score (nSPS) is 11.1. The maximum Gasteiger partial charge on any atom is 0.324 e. The van der Waals surface area contributed by atoms with E-state index in [1.54, 1.807) is 36.4 Å². The molecule has 0 amide bonds. The number of aliphatic carboxylic acids is 1. The van der Waals surface area contributed by atoms with E-state index in [-0.39, 0.29) is 10.6 Å². The van der Waals surface area contributed by atoms with E-state index in [2.05, 4.69) is 0 Å². The Bertz CT molecular complexity index is 814. The number of sulfonamides is 1. The van der Waals surface area contributed by atoms with Crippen LogP contribution in [0, 0.1) is 6.92 Å². The number of nitrogens with zero attached hydrogens (tertiary/aromatic N) is 1. The number of carbonyl (C=O) groups is 1. The topological polar surface area (TPSA) is 83.9 Å². The van der Waals surface area contributed by atoms with Crippen LogP contribution in [-0.4, -0.2) is 32.6 Å². The Morgan fingerprint density at radius 1 is 1.08 bits per heavy atom. The molecule has 0 radical (unpaired) electrons. The second-order valence-electron chi connectivity index (χ2n) is 5.56. The van der Waals surface area contributed by atoms with Crippen molar-refractivity contribution in [1.82, 2.24) is 0 Å². The summed E-state index contributed by atoms with van der Waals surface area (Å²) in [6.07, 6.45) is 0.856. The van der Waals surface area contributed by atoms with E-state index in [1.165, 1.54) is 12.1 Å². The van der Waals surface area contributed by atoms with Gasteiger partial charge in [-0.2, -0.15) is 0 Å². The summed E-state index contributed by atoms with van der Waals surface area (Å²) >= 11 is 0. The molecule has 25 heavy (non-hydrogen) atoms. The van der Waals surface area contributed by atoms with Crippen LogP contribution in [0.25, 0.3) is 0 Å². The highest BCUT2D eigenvalue weighted by Gasteiger charge is 2.27. The standard InChI is InChI=1S/C18H21NO5S/c1-3-12-24-16-8-6-15(7-9-16)19(13-18(20)21)25(22,23)17-10-4-14(2)5-11-17/h4-11H,3,12-13H2,1-2H3,(H,20,21). The molecule has 134 valence electrons. The fourth-order valence-corrected chi connectivity index (χ4v) is 3.62. The summed E-state index contributed by atoms with van der Waals surface area (Å²) < 4.78 is 32.1. The van der Waals surface area contributed by atoms with Crippen molar-refractivity contribution in [3.05, 3.63) is 54.1 Å². The highest BCUT2D eigenvalue weighted by atomic mass is 32.2. The molecule has 0 aliphatic carbocycles. The van der Waals surface area contributed by atoms with Crippen molar-refractivity contribution in [3.8, 4) is 5.75 Å². The number of carboxylic acid groups (broad SMARTS) is 1. The Labute approximate surface area is 147 Å². The van der Waals surface area contributed by atoms with E-state index in [1.807, 2.05) is 13.8 Å². The molecule has 0 saturated heterocycles. The van der Waals surface area contributed by atoms with Crippen molar-refractivity contribution in [2.45, 2.75) is 25.2 Å². The second kappa shape index (κ2) is 8.02. The van der Waals surface area contributed by atoms with Crippen LogP contribution >= 0.6 is 0 Å². The molecule has 2 aromatic rings. The fraction of sp³-hybridized carbons (Fsp3) is 0.278. The van der Waals surface area contributed by atoms with Crippen molar-refractivity contribution >= 4 is 21.7 Å². The third-order valence-electron chi connectivity index (χ3n) is 3.49. The minimum Gasteiger partial charge on any atom is -0.494 e. The molecule has 6 nitrogen and oxygen atoms in total. The Kier molecular flexibility index (Phi) is 6.03. The van der Waals surface area contributed by atoms with Crippen LogP contribution in [0.5, 0.6) is 5.75 Å². The molecule has 0 aromatic heterocycles. The molecule has 0 heterocycles. The summed E-state index contributed by atoms with van der Waals surface area (Å²) in [6, 6.07) is 12.6. The number of ether oxygens (including phenoxy) is 1. The highest BCUT2D eigenvalue weighted by Crippen LogP contribution is 2.26. The molecule has 7 heteroatoms. The Morgan fingerprint density at radius 2 is 1.68 bits per heavy atom. The molecule has 0 atom stereocenters. The fourth-order valence-electron chi connectivity index (χ4n) is 2.20. The van der Waals surface area contributed by atoms with Crippen LogP contribution in [-0.2, 0) is 14.8 Å².